The predicted octanol–water partition coefficient (Wildman–Crippen LogP) is 2.39. The van der Waals surface area contributed by atoms with E-state index in [-0.39, 0.29) is 23.4 Å². The van der Waals surface area contributed by atoms with E-state index in [1.54, 1.807) is 30.9 Å². The van der Waals surface area contributed by atoms with Crippen molar-refractivity contribution in [3.8, 4) is 5.75 Å². The number of nitrogens with one attached hydrogen (secondary N) is 1. The van der Waals surface area contributed by atoms with Gasteiger partial charge in [-0.25, -0.2) is 4.79 Å². The van der Waals surface area contributed by atoms with Gasteiger partial charge in [0.25, 0.3) is 0 Å². The summed E-state index contributed by atoms with van der Waals surface area (Å²) in [6.45, 7) is 2.77. The fourth-order valence-corrected chi connectivity index (χ4v) is 2.68. The van der Waals surface area contributed by atoms with Crippen LogP contribution < -0.4 is 10.1 Å². The van der Waals surface area contributed by atoms with Crippen molar-refractivity contribution in [2.45, 2.75) is 26.5 Å². The first kappa shape index (κ1) is 19.9. The molecule has 0 saturated carbocycles. The fourth-order valence-electron chi connectivity index (χ4n) is 2.68. The molecule has 1 unspecified atom stereocenters. The third-order valence-electron chi connectivity index (χ3n) is 4.13. The molecule has 2 amide bonds. The Bertz CT molecular complexity index is 622. The molecule has 1 aromatic rings. The molecule has 0 spiro atoms. The topological polar surface area (TPSA) is 71.1 Å². The van der Waals surface area contributed by atoms with E-state index in [1.807, 2.05) is 4.90 Å². The van der Waals surface area contributed by atoms with Crippen LogP contribution in [-0.2, 0) is 9.53 Å². The number of para-hydroxylation sites is 2. The van der Waals surface area contributed by atoms with Crippen molar-refractivity contribution in [1.82, 2.24) is 9.80 Å². The summed E-state index contributed by atoms with van der Waals surface area (Å²) in [6, 6.07) is 5.55. The van der Waals surface area contributed by atoms with Crippen LogP contribution in [0.25, 0.3) is 0 Å². The van der Waals surface area contributed by atoms with Gasteiger partial charge in [0.2, 0.25) is 5.91 Å². The third-order valence-corrected chi connectivity index (χ3v) is 4.13. The maximum atomic E-state index is 12.5. The van der Waals surface area contributed by atoms with Crippen LogP contribution in [0.1, 0.15) is 13.8 Å². The van der Waals surface area contributed by atoms with E-state index in [2.05, 4.69) is 10.1 Å². The molecular formula is C17H23F2N3O4. The SMILES string of the molecule is CCOC(=O)N1CCN(C(C)C(=O)Nc2ccccc2OC(F)F)CC1. The Labute approximate surface area is 150 Å². The molecule has 0 aliphatic carbocycles. The molecule has 1 fully saturated rings. The standard InChI is InChI=1S/C17H23F2N3O4/c1-3-25-17(24)22-10-8-21(9-11-22)12(2)15(23)20-13-6-4-5-7-14(13)26-16(18)19/h4-7,12,16H,3,8-11H2,1-2H3,(H,20,23). The second kappa shape index (κ2) is 9.33. The molecule has 1 aromatic carbocycles. The molecule has 2 rings (SSSR count). The van der Waals surface area contributed by atoms with Crippen molar-refractivity contribution >= 4 is 17.7 Å². The molecule has 1 N–H and O–H groups in total. The van der Waals surface area contributed by atoms with Crippen LogP contribution in [-0.4, -0.2) is 67.2 Å². The normalized spacial score (nSPS) is 16.3. The Morgan fingerprint density at radius 1 is 1.19 bits per heavy atom. The average molecular weight is 371 g/mol. The highest BCUT2D eigenvalue weighted by Gasteiger charge is 2.28. The number of nitrogens with zero attached hydrogens (tertiary/aromatic N) is 2. The molecule has 144 valence electrons. The minimum atomic E-state index is -2.97. The van der Waals surface area contributed by atoms with E-state index in [0.29, 0.717) is 32.8 Å². The summed E-state index contributed by atoms with van der Waals surface area (Å²) in [4.78, 5) is 27.7. The van der Waals surface area contributed by atoms with Gasteiger partial charge < -0.3 is 19.7 Å². The zero-order valence-electron chi connectivity index (χ0n) is 14.8. The Morgan fingerprint density at radius 2 is 1.85 bits per heavy atom. The zero-order chi connectivity index (χ0) is 19.1. The monoisotopic (exact) mass is 371 g/mol. The van der Waals surface area contributed by atoms with Crippen molar-refractivity contribution in [1.29, 1.82) is 0 Å². The first-order valence-corrected chi connectivity index (χ1v) is 8.42. The van der Waals surface area contributed by atoms with E-state index in [4.69, 9.17) is 4.74 Å². The number of hydrogen-bond acceptors (Lipinski definition) is 5. The van der Waals surface area contributed by atoms with Crippen LogP contribution in [0.2, 0.25) is 0 Å². The van der Waals surface area contributed by atoms with Crippen LogP contribution in [0.4, 0.5) is 19.3 Å². The van der Waals surface area contributed by atoms with Gasteiger partial charge in [0.05, 0.1) is 18.3 Å². The Morgan fingerprint density at radius 3 is 2.46 bits per heavy atom. The van der Waals surface area contributed by atoms with Crippen LogP contribution >= 0.6 is 0 Å². The summed E-state index contributed by atoms with van der Waals surface area (Å²) in [5.41, 5.74) is 0.190. The number of carbonyl (C=O) groups is 2. The van der Waals surface area contributed by atoms with E-state index in [0.717, 1.165) is 0 Å². The van der Waals surface area contributed by atoms with Crippen molar-refractivity contribution in [3.63, 3.8) is 0 Å². The summed E-state index contributed by atoms with van der Waals surface area (Å²) < 4.78 is 34.3. The van der Waals surface area contributed by atoms with Crippen molar-refractivity contribution in [3.05, 3.63) is 24.3 Å². The van der Waals surface area contributed by atoms with Gasteiger partial charge in [-0.2, -0.15) is 8.78 Å². The highest BCUT2D eigenvalue weighted by atomic mass is 19.3. The third kappa shape index (κ3) is 5.29. The average Bonchev–Trinajstić information content (AvgIpc) is 2.62. The van der Waals surface area contributed by atoms with Crippen LogP contribution in [0, 0.1) is 0 Å². The highest BCUT2D eigenvalue weighted by molar-refractivity contribution is 5.95. The Kier molecular flexibility index (Phi) is 7.14. The number of halogens is 2. The number of rotatable bonds is 6. The second-order valence-corrected chi connectivity index (χ2v) is 5.76. The number of benzene rings is 1. The lowest BCUT2D eigenvalue weighted by molar-refractivity contribution is -0.121. The predicted molar refractivity (Wildman–Crippen MR) is 91.3 cm³/mol. The number of amides is 2. The fraction of sp³-hybridized carbons (Fsp3) is 0.529. The number of hydrogen-bond donors (Lipinski definition) is 1. The maximum absolute atomic E-state index is 12.5. The maximum Gasteiger partial charge on any atom is 0.409 e. The highest BCUT2D eigenvalue weighted by Crippen LogP contribution is 2.26. The van der Waals surface area contributed by atoms with Crippen molar-refractivity contribution < 1.29 is 27.8 Å². The molecule has 26 heavy (non-hydrogen) atoms. The zero-order valence-corrected chi connectivity index (χ0v) is 14.8. The molecule has 1 aliphatic rings. The van der Waals surface area contributed by atoms with Crippen LogP contribution in [0.5, 0.6) is 5.75 Å². The molecule has 1 saturated heterocycles. The Hall–Kier alpha value is -2.42. The van der Waals surface area contributed by atoms with Gasteiger partial charge in [-0.1, -0.05) is 12.1 Å². The number of piperazine rings is 1. The van der Waals surface area contributed by atoms with Gasteiger partial charge in [-0.05, 0) is 26.0 Å². The summed E-state index contributed by atoms with van der Waals surface area (Å²) >= 11 is 0. The lowest BCUT2D eigenvalue weighted by Gasteiger charge is -2.36. The van der Waals surface area contributed by atoms with Gasteiger partial charge in [0.15, 0.2) is 0 Å². The minimum Gasteiger partial charge on any atom is -0.450 e. The molecule has 7 nitrogen and oxygen atoms in total. The molecule has 1 heterocycles. The first-order chi connectivity index (χ1) is 12.4. The van der Waals surface area contributed by atoms with Gasteiger partial charge in [0.1, 0.15) is 5.75 Å². The largest absolute Gasteiger partial charge is 0.450 e. The number of ether oxygens (including phenoxy) is 2. The Balaban J connectivity index is 1.92. The summed E-state index contributed by atoms with van der Waals surface area (Å²) in [5.74, 6) is -0.421. The first-order valence-electron chi connectivity index (χ1n) is 8.42. The summed E-state index contributed by atoms with van der Waals surface area (Å²) in [6.07, 6.45) is -0.359. The van der Waals surface area contributed by atoms with E-state index in [9.17, 15) is 18.4 Å². The van der Waals surface area contributed by atoms with Gasteiger partial charge in [0, 0.05) is 26.2 Å². The minimum absolute atomic E-state index is 0.0878. The molecule has 9 heteroatoms. The molecule has 0 bridgehead atoms. The smallest absolute Gasteiger partial charge is 0.409 e. The summed E-state index contributed by atoms with van der Waals surface area (Å²) in [7, 11) is 0. The van der Waals surface area contributed by atoms with E-state index >= 15 is 0 Å². The second-order valence-electron chi connectivity index (χ2n) is 5.76. The van der Waals surface area contributed by atoms with Crippen LogP contribution in [0.15, 0.2) is 24.3 Å². The lowest BCUT2D eigenvalue weighted by atomic mass is 10.2. The van der Waals surface area contributed by atoms with Crippen LogP contribution in [0.3, 0.4) is 0 Å². The van der Waals surface area contributed by atoms with Gasteiger partial charge in [-0.3, -0.25) is 9.69 Å². The number of carbonyl (C=O) groups excluding carboxylic acids is 2. The molecule has 1 atom stereocenters. The van der Waals surface area contributed by atoms with Gasteiger partial charge >= 0.3 is 12.7 Å². The number of anilines is 1. The summed E-state index contributed by atoms with van der Waals surface area (Å²) in [5, 5.41) is 2.62. The molecule has 0 aromatic heterocycles. The van der Waals surface area contributed by atoms with Gasteiger partial charge in [-0.15, -0.1) is 0 Å². The number of alkyl halides is 2. The van der Waals surface area contributed by atoms with Crippen molar-refractivity contribution in [2.75, 3.05) is 38.1 Å². The molecular weight excluding hydrogens is 348 g/mol. The van der Waals surface area contributed by atoms with E-state index in [1.165, 1.54) is 12.1 Å². The molecule has 0 radical (unpaired) electrons. The molecule has 1 aliphatic heterocycles. The van der Waals surface area contributed by atoms with Crippen molar-refractivity contribution in [2.24, 2.45) is 0 Å². The quantitative estimate of drug-likeness (QED) is 0.831. The van der Waals surface area contributed by atoms with E-state index < -0.39 is 12.7 Å². The lowest BCUT2D eigenvalue weighted by Crippen LogP contribution is -2.54.